The lowest BCUT2D eigenvalue weighted by atomic mass is 10.0. The van der Waals surface area contributed by atoms with Crippen molar-refractivity contribution in [1.82, 2.24) is 5.32 Å². The fourth-order valence-corrected chi connectivity index (χ4v) is 5.26. The first-order valence-corrected chi connectivity index (χ1v) is 8.76. The molecule has 1 atom stereocenters. The van der Waals surface area contributed by atoms with Crippen LogP contribution in [0.4, 0.5) is 4.39 Å². The molecule has 0 aliphatic rings. The van der Waals surface area contributed by atoms with Crippen LogP contribution in [-0.4, -0.2) is 7.05 Å². The van der Waals surface area contributed by atoms with Gasteiger partial charge in [0, 0.05) is 6.04 Å². The molecule has 102 valence electrons. The predicted octanol–water partition coefficient (Wildman–Crippen LogP) is 5.68. The van der Waals surface area contributed by atoms with Crippen LogP contribution in [0.3, 0.4) is 0 Å². The van der Waals surface area contributed by atoms with E-state index in [1.807, 2.05) is 19.2 Å². The summed E-state index contributed by atoms with van der Waals surface area (Å²) in [5.41, 5.74) is 2.29. The van der Waals surface area contributed by atoms with E-state index in [0.717, 1.165) is 19.6 Å². The van der Waals surface area contributed by atoms with Crippen LogP contribution in [0.5, 0.6) is 0 Å². The highest BCUT2D eigenvalue weighted by atomic mass is 79.9. The van der Waals surface area contributed by atoms with Crippen molar-refractivity contribution in [2.75, 3.05) is 7.05 Å². The molecule has 0 amide bonds. The third kappa shape index (κ3) is 3.88. The maximum Gasteiger partial charge on any atom is 0.137 e. The van der Waals surface area contributed by atoms with Gasteiger partial charge in [-0.25, -0.2) is 4.39 Å². The zero-order chi connectivity index (χ0) is 14.0. The van der Waals surface area contributed by atoms with Gasteiger partial charge in [0.1, 0.15) is 5.82 Å². The minimum absolute atomic E-state index is 0.189. The van der Waals surface area contributed by atoms with Gasteiger partial charge in [-0.15, -0.1) is 11.3 Å². The molecule has 2 aromatic rings. The summed E-state index contributed by atoms with van der Waals surface area (Å²) in [4.78, 5) is 0. The van der Waals surface area contributed by atoms with Gasteiger partial charge in [-0.05, 0) is 90.6 Å². The van der Waals surface area contributed by atoms with Gasteiger partial charge in [-0.1, -0.05) is 6.07 Å². The fourth-order valence-electron chi connectivity index (χ4n) is 1.86. The van der Waals surface area contributed by atoms with Gasteiger partial charge in [0.25, 0.3) is 0 Å². The van der Waals surface area contributed by atoms with Crippen LogP contribution < -0.4 is 5.32 Å². The third-order valence-corrected chi connectivity index (χ3v) is 5.82. The Balaban J connectivity index is 2.23. The van der Waals surface area contributed by atoms with Gasteiger partial charge in [0.2, 0.25) is 0 Å². The molecule has 1 heterocycles. The summed E-state index contributed by atoms with van der Waals surface area (Å²) >= 11 is 11.9. The summed E-state index contributed by atoms with van der Waals surface area (Å²) in [6.45, 7) is 0. The molecule has 0 radical (unpaired) electrons. The molecule has 1 aromatic heterocycles. The van der Waals surface area contributed by atoms with Crippen molar-refractivity contribution < 1.29 is 4.39 Å². The third-order valence-electron chi connectivity index (χ3n) is 2.83. The standard InChI is InChI=1S/C13H11Br3FNS/c1-18-11(8-6-12(15)19-13(8)16)5-7-2-3-10(17)9(14)4-7/h2-4,6,11,18H,5H2,1H3. The van der Waals surface area contributed by atoms with Crippen molar-refractivity contribution in [3.8, 4) is 0 Å². The number of likely N-dealkylation sites (N-methyl/N-ethyl adjacent to an activating group) is 1. The summed E-state index contributed by atoms with van der Waals surface area (Å²) in [5.74, 6) is -0.232. The lowest BCUT2D eigenvalue weighted by Crippen LogP contribution is -2.18. The lowest BCUT2D eigenvalue weighted by molar-refractivity contribution is 0.587. The molecule has 1 aromatic carbocycles. The molecular formula is C13H11Br3FNS. The number of halogens is 4. The van der Waals surface area contributed by atoms with Crippen molar-refractivity contribution in [2.24, 2.45) is 0 Å². The fraction of sp³-hybridized carbons (Fsp3) is 0.231. The van der Waals surface area contributed by atoms with Gasteiger partial charge >= 0.3 is 0 Å². The highest BCUT2D eigenvalue weighted by Gasteiger charge is 2.16. The Morgan fingerprint density at radius 1 is 1.26 bits per heavy atom. The molecule has 0 aliphatic carbocycles. The first-order valence-electron chi connectivity index (χ1n) is 5.57. The highest BCUT2D eigenvalue weighted by molar-refractivity contribution is 9.12. The van der Waals surface area contributed by atoms with Gasteiger partial charge in [-0.2, -0.15) is 0 Å². The first kappa shape index (κ1) is 15.6. The number of hydrogen-bond acceptors (Lipinski definition) is 2. The molecule has 0 aliphatic heterocycles. The van der Waals surface area contributed by atoms with E-state index in [0.29, 0.717) is 4.47 Å². The Hall–Kier alpha value is 0.250. The van der Waals surface area contributed by atoms with E-state index >= 15 is 0 Å². The van der Waals surface area contributed by atoms with Gasteiger partial charge in [0.05, 0.1) is 12.0 Å². The van der Waals surface area contributed by atoms with Crippen molar-refractivity contribution in [3.63, 3.8) is 0 Å². The van der Waals surface area contributed by atoms with Crippen LogP contribution >= 0.6 is 59.1 Å². The number of hydrogen-bond donors (Lipinski definition) is 1. The number of benzene rings is 1. The highest BCUT2D eigenvalue weighted by Crippen LogP contribution is 2.36. The first-order chi connectivity index (χ1) is 9.01. The molecule has 1 unspecified atom stereocenters. The second-order valence-electron chi connectivity index (χ2n) is 4.07. The Morgan fingerprint density at radius 3 is 2.53 bits per heavy atom. The Bertz CT molecular complexity index is 585. The number of rotatable bonds is 4. The largest absolute Gasteiger partial charge is 0.313 e. The Labute approximate surface area is 141 Å². The maximum absolute atomic E-state index is 13.2. The second kappa shape index (κ2) is 6.80. The van der Waals surface area contributed by atoms with Gasteiger partial charge in [-0.3, -0.25) is 0 Å². The topological polar surface area (TPSA) is 12.0 Å². The molecule has 1 N–H and O–H groups in total. The minimum atomic E-state index is -0.232. The normalized spacial score (nSPS) is 12.7. The molecular weight excluding hydrogens is 461 g/mol. The van der Waals surface area contributed by atoms with Crippen molar-refractivity contribution in [2.45, 2.75) is 12.5 Å². The van der Waals surface area contributed by atoms with Gasteiger partial charge in [0.15, 0.2) is 0 Å². The average Bonchev–Trinajstić information content (AvgIpc) is 2.70. The monoisotopic (exact) mass is 469 g/mol. The summed E-state index contributed by atoms with van der Waals surface area (Å²) in [7, 11) is 1.93. The van der Waals surface area contributed by atoms with E-state index in [-0.39, 0.29) is 11.9 Å². The lowest BCUT2D eigenvalue weighted by Gasteiger charge is -2.16. The Kier molecular flexibility index (Phi) is 5.60. The van der Waals surface area contributed by atoms with Crippen LogP contribution in [0.15, 0.2) is 36.3 Å². The average molecular weight is 472 g/mol. The van der Waals surface area contributed by atoms with E-state index < -0.39 is 0 Å². The summed E-state index contributed by atoms with van der Waals surface area (Å²) in [6.07, 6.45) is 0.803. The number of thiophene rings is 1. The molecule has 0 fully saturated rings. The number of nitrogens with one attached hydrogen (secondary N) is 1. The SMILES string of the molecule is CNC(Cc1ccc(F)c(Br)c1)c1cc(Br)sc1Br. The molecule has 2 rings (SSSR count). The molecule has 0 saturated carbocycles. The molecule has 0 bridgehead atoms. The smallest absolute Gasteiger partial charge is 0.137 e. The quantitative estimate of drug-likeness (QED) is 0.605. The Morgan fingerprint density at radius 2 is 2.00 bits per heavy atom. The molecule has 0 spiro atoms. The van der Waals surface area contributed by atoms with Crippen LogP contribution in [0.25, 0.3) is 0 Å². The summed E-state index contributed by atoms with van der Waals surface area (Å²) in [6, 6.07) is 7.43. The van der Waals surface area contributed by atoms with Crippen LogP contribution in [0.2, 0.25) is 0 Å². The summed E-state index contributed by atoms with van der Waals surface area (Å²) < 4.78 is 15.9. The van der Waals surface area contributed by atoms with E-state index in [1.165, 1.54) is 11.6 Å². The second-order valence-corrected chi connectivity index (χ2v) is 8.68. The predicted molar refractivity (Wildman–Crippen MR) is 89.3 cm³/mol. The van der Waals surface area contributed by atoms with Crippen LogP contribution in [0.1, 0.15) is 17.2 Å². The zero-order valence-electron chi connectivity index (χ0n) is 10.0. The molecule has 19 heavy (non-hydrogen) atoms. The zero-order valence-corrected chi connectivity index (χ0v) is 15.6. The van der Waals surface area contributed by atoms with Crippen molar-refractivity contribution >= 4 is 59.1 Å². The molecule has 1 nitrogen and oxygen atoms in total. The molecule has 6 heteroatoms. The molecule has 0 saturated heterocycles. The van der Waals surface area contributed by atoms with Gasteiger partial charge < -0.3 is 5.32 Å². The van der Waals surface area contributed by atoms with E-state index in [4.69, 9.17) is 0 Å². The van der Waals surface area contributed by atoms with E-state index in [1.54, 1.807) is 11.3 Å². The van der Waals surface area contributed by atoms with Crippen molar-refractivity contribution in [3.05, 3.63) is 53.3 Å². The van der Waals surface area contributed by atoms with E-state index in [9.17, 15) is 4.39 Å². The van der Waals surface area contributed by atoms with Crippen LogP contribution in [0, 0.1) is 5.82 Å². The minimum Gasteiger partial charge on any atom is -0.313 e. The van der Waals surface area contributed by atoms with E-state index in [2.05, 4.69) is 59.2 Å². The summed E-state index contributed by atoms with van der Waals surface area (Å²) in [5, 5.41) is 3.30. The maximum atomic E-state index is 13.2. The van der Waals surface area contributed by atoms with Crippen LogP contribution in [-0.2, 0) is 6.42 Å². The van der Waals surface area contributed by atoms with Crippen molar-refractivity contribution in [1.29, 1.82) is 0 Å².